The maximum atomic E-state index is 13.0. The molecule has 26 heavy (non-hydrogen) atoms. The molecule has 136 valence electrons. The standard InChI is InChI=1S/C18H13ClF3NO2S/c19-15-4-2-10(7-14(15)18(20,21)22)26(24)11-1-3-12-13-5-6-23-9-17(13)25-16(12)8-11/h1-4,7-8,23H,5-6,9H2. The number of halogens is 4. The Morgan fingerprint density at radius 3 is 2.62 bits per heavy atom. The zero-order valence-electron chi connectivity index (χ0n) is 13.3. The summed E-state index contributed by atoms with van der Waals surface area (Å²) in [6.07, 6.45) is -3.76. The highest BCUT2D eigenvalue weighted by Crippen LogP contribution is 2.37. The zero-order valence-corrected chi connectivity index (χ0v) is 14.9. The van der Waals surface area contributed by atoms with Crippen LogP contribution in [0.4, 0.5) is 13.2 Å². The quantitative estimate of drug-likeness (QED) is 0.622. The van der Waals surface area contributed by atoms with Crippen LogP contribution in [0.5, 0.6) is 0 Å². The second-order valence-corrected chi connectivity index (χ2v) is 7.88. The minimum atomic E-state index is -4.60. The predicted molar refractivity (Wildman–Crippen MR) is 92.8 cm³/mol. The highest BCUT2D eigenvalue weighted by atomic mass is 35.5. The minimum Gasteiger partial charge on any atom is -0.606 e. The topological polar surface area (TPSA) is 48.2 Å². The van der Waals surface area contributed by atoms with Gasteiger partial charge in [0.1, 0.15) is 11.3 Å². The molecule has 1 atom stereocenters. The average Bonchev–Trinajstić information content (AvgIpc) is 2.98. The van der Waals surface area contributed by atoms with Gasteiger partial charge in [0, 0.05) is 34.3 Å². The summed E-state index contributed by atoms with van der Waals surface area (Å²) in [7, 11) is 0. The van der Waals surface area contributed by atoms with Crippen LogP contribution < -0.4 is 5.32 Å². The lowest BCUT2D eigenvalue weighted by Crippen LogP contribution is -2.22. The van der Waals surface area contributed by atoms with Crippen LogP contribution in [0.15, 0.2) is 50.6 Å². The fourth-order valence-corrected chi connectivity index (χ4v) is 4.42. The Kier molecular flexibility index (Phi) is 4.43. The van der Waals surface area contributed by atoms with Gasteiger partial charge in [-0.15, -0.1) is 0 Å². The van der Waals surface area contributed by atoms with E-state index >= 15 is 0 Å². The highest BCUT2D eigenvalue weighted by Gasteiger charge is 2.35. The van der Waals surface area contributed by atoms with Crippen LogP contribution in [0.3, 0.4) is 0 Å². The van der Waals surface area contributed by atoms with Gasteiger partial charge in [-0.05, 0) is 37.2 Å². The summed E-state index contributed by atoms with van der Waals surface area (Å²) in [5.41, 5.74) is 0.724. The Labute approximate surface area is 155 Å². The number of hydrogen-bond acceptors (Lipinski definition) is 3. The molecule has 0 radical (unpaired) electrons. The first-order valence-corrected chi connectivity index (χ1v) is 9.41. The number of rotatable bonds is 2. The number of furan rings is 1. The van der Waals surface area contributed by atoms with Gasteiger partial charge in [0.2, 0.25) is 0 Å². The first kappa shape index (κ1) is 17.7. The Bertz CT molecular complexity index is 986. The second kappa shape index (κ2) is 6.49. The van der Waals surface area contributed by atoms with Crippen LogP contribution in [-0.4, -0.2) is 11.1 Å². The molecule has 1 unspecified atom stereocenters. The van der Waals surface area contributed by atoms with Crippen LogP contribution in [-0.2, 0) is 30.3 Å². The largest absolute Gasteiger partial charge is 0.606 e. The van der Waals surface area contributed by atoms with E-state index < -0.39 is 27.9 Å². The van der Waals surface area contributed by atoms with E-state index in [-0.39, 0.29) is 4.90 Å². The fraction of sp³-hybridized carbons (Fsp3) is 0.222. The third-order valence-corrected chi connectivity index (χ3v) is 6.05. The summed E-state index contributed by atoms with van der Waals surface area (Å²) >= 11 is 3.85. The van der Waals surface area contributed by atoms with E-state index in [4.69, 9.17) is 16.0 Å². The number of hydrogen-bond donors (Lipinski definition) is 1. The molecule has 4 rings (SSSR count). The average molecular weight is 400 g/mol. The maximum absolute atomic E-state index is 13.0. The van der Waals surface area contributed by atoms with Crippen molar-refractivity contribution in [3.63, 3.8) is 0 Å². The summed E-state index contributed by atoms with van der Waals surface area (Å²) in [5, 5.41) is 3.75. The van der Waals surface area contributed by atoms with E-state index in [0.29, 0.717) is 17.0 Å². The first-order chi connectivity index (χ1) is 12.3. The molecule has 0 bridgehead atoms. The van der Waals surface area contributed by atoms with Crippen molar-refractivity contribution in [2.24, 2.45) is 0 Å². The van der Waals surface area contributed by atoms with E-state index in [9.17, 15) is 17.7 Å². The van der Waals surface area contributed by atoms with E-state index in [1.54, 1.807) is 12.1 Å². The van der Waals surface area contributed by atoms with Crippen molar-refractivity contribution in [2.45, 2.75) is 28.9 Å². The van der Waals surface area contributed by atoms with Gasteiger partial charge in [0.25, 0.3) is 0 Å². The van der Waals surface area contributed by atoms with Gasteiger partial charge < -0.3 is 14.3 Å². The molecule has 0 saturated carbocycles. The fourth-order valence-electron chi connectivity index (χ4n) is 3.10. The molecule has 2 aromatic carbocycles. The molecular weight excluding hydrogens is 387 g/mol. The molecule has 1 N–H and O–H groups in total. The molecule has 3 nitrogen and oxygen atoms in total. The van der Waals surface area contributed by atoms with Crippen molar-refractivity contribution >= 4 is 33.7 Å². The number of benzene rings is 2. The molecule has 1 aromatic heterocycles. The predicted octanol–water partition coefficient (Wildman–Crippen LogP) is 4.92. The van der Waals surface area contributed by atoms with Crippen molar-refractivity contribution in [3.8, 4) is 0 Å². The van der Waals surface area contributed by atoms with Gasteiger partial charge in [-0.2, -0.15) is 13.2 Å². The van der Waals surface area contributed by atoms with Gasteiger partial charge >= 0.3 is 6.18 Å². The molecule has 0 amide bonds. The maximum Gasteiger partial charge on any atom is 0.418 e. The molecule has 8 heteroatoms. The number of nitrogens with one attached hydrogen (secondary N) is 1. The highest BCUT2D eigenvalue weighted by molar-refractivity contribution is 7.91. The van der Waals surface area contributed by atoms with Crippen LogP contribution in [0, 0.1) is 0 Å². The molecule has 0 aliphatic carbocycles. The summed E-state index contributed by atoms with van der Waals surface area (Å²) in [5.74, 6) is 0.847. The summed E-state index contributed by atoms with van der Waals surface area (Å²) in [4.78, 5) is 0.422. The van der Waals surface area contributed by atoms with Crippen LogP contribution in [0.2, 0.25) is 5.02 Å². The van der Waals surface area contributed by atoms with Gasteiger partial charge in [0.15, 0.2) is 9.79 Å². The van der Waals surface area contributed by atoms with E-state index in [2.05, 4.69) is 5.32 Å². The number of fused-ring (bicyclic) bond motifs is 3. The van der Waals surface area contributed by atoms with Crippen molar-refractivity contribution < 1.29 is 22.1 Å². The minimum absolute atomic E-state index is 0.0408. The van der Waals surface area contributed by atoms with Gasteiger partial charge in [0.05, 0.1) is 17.1 Å². The van der Waals surface area contributed by atoms with E-state index in [0.717, 1.165) is 41.8 Å². The Morgan fingerprint density at radius 2 is 1.85 bits per heavy atom. The zero-order chi connectivity index (χ0) is 18.5. The Balaban J connectivity index is 1.73. The first-order valence-electron chi connectivity index (χ1n) is 7.88. The van der Waals surface area contributed by atoms with Crippen LogP contribution >= 0.6 is 11.6 Å². The van der Waals surface area contributed by atoms with E-state index in [1.807, 2.05) is 6.07 Å². The van der Waals surface area contributed by atoms with Crippen molar-refractivity contribution in [2.75, 3.05) is 6.54 Å². The third kappa shape index (κ3) is 3.09. The Hall–Kier alpha value is -1.67. The van der Waals surface area contributed by atoms with E-state index in [1.165, 1.54) is 6.07 Å². The monoisotopic (exact) mass is 399 g/mol. The summed E-state index contributed by atoms with van der Waals surface area (Å²) < 4.78 is 57.7. The van der Waals surface area contributed by atoms with Crippen molar-refractivity contribution in [3.05, 3.63) is 58.3 Å². The number of alkyl halides is 3. The molecule has 0 spiro atoms. The summed E-state index contributed by atoms with van der Waals surface area (Å²) in [6.45, 7) is 1.49. The van der Waals surface area contributed by atoms with Crippen LogP contribution in [0.25, 0.3) is 11.0 Å². The molecule has 1 aliphatic rings. The van der Waals surface area contributed by atoms with Gasteiger partial charge in [-0.1, -0.05) is 11.6 Å². The molecule has 0 saturated heterocycles. The molecule has 2 heterocycles. The van der Waals surface area contributed by atoms with Gasteiger partial charge in [-0.3, -0.25) is 0 Å². The lowest BCUT2D eigenvalue weighted by atomic mass is 10.1. The van der Waals surface area contributed by atoms with Crippen molar-refractivity contribution in [1.82, 2.24) is 5.32 Å². The lowest BCUT2D eigenvalue weighted by Gasteiger charge is -2.13. The second-order valence-electron chi connectivity index (χ2n) is 6.00. The summed E-state index contributed by atoms with van der Waals surface area (Å²) in [6, 6.07) is 8.41. The molecule has 0 fully saturated rings. The Morgan fingerprint density at radius 1 is 1.12 bits per heavy atom. The van der Waals surface area contributed by atoms with Gasteiger partial charge in [-0.25, -0.2) is 0 Å². The normalized spacial score (nSPS) is 15.9. The van der Waals surface area contributed by atoms with Crippen LogP contribution in [0.1, 0.15) is 16.9 Å². The smallest absolute Gasteiger partial charge is 0.418 e. The third-order valence-electron chi connectivity index (χ3n) is 4.36. The molecule has 3 aromatic rings. The molecular formula is C18H13ClF3NO2S. The molecule has 1 aliphatic heterocycles. The van der Waals surface area contributed by atoms with Crippen molar-refractivity contribution in [1.29, 1.82) is 0 Å². The lowest BCUT2D eigenvalue weighted by molar-refractivity contribution is -0.137. The SMILES string of the molecule is [O-][S+](c1ccc(Cl)c(C(F)(F)F)c1)c1ccc2c3c(oc2c1)CNCC3.